The molecule has 0 aliphatic carbocycles. The first-order valence-electron chi connectivity index (χ1n) is 7.27. The molecule has 26 heavy (non-hydrogen) atoms. The third-order valence-corrected chi connectivity index (χ3v) is 3.34. The third-order valence-electron chi connectivity index (χ3n) is 3.09. The molecule has 136 valence electrons. The topological polar surface area (TPSA) is 129 Å². The number of carboxylic acids is 1. The number of hydrogen-bond acceptors (Lipinski definition) is 6. The first-order chi connectivity index (χ1) is 12.2. The summed E-state index contributed by atoms with van der Waals surface area (Å²) in [6.07, 6.45) is -0.160. The molecule has 0 atom stereocenters. The quantitative estimate of drug-likeness (QED) is 0.342. The van der Waals surface area contributed by atoms with E-state index >= 15 is 0 Å². The third kappa shape index (κ3) is 7.18. The summed E-state index contributed by atoms with van der Waals surface area (Å²) >= 11 is 3.43. The summed E-state index contributed by atoms with van der Waals surface area (Å²) < 4.78 is 0. The molecule has 3 N–H and O–H groups in total. The smallest absolute Gasteiger partial charge is 0.372 e. The predicted octanol–water partition coefficient (Wildman–Crippen LogP) is 1.55. The summed E-state index contributed by atoms with van der Waals surface area (Å²) in [7, 11) is 0. The van der Waals surface area contributed by atoms with Gasteiger partial charge in [-0.05, 0) is 23.3 Å². The average Bonchev–Trinajstić information content (AvgIpc) is 2.59. The molecule has 0 aliphatic rings. The Kier molecular flexibility index (Phi) is 8.04. The minimum atomic E-state index is -1.52. The number of aromatic hydroxyl groups is 2. The number of benzene rings is 2. The second kappa shape index (κ2) is 10.00. The van der Waals surface area contributed by atoms with Crippen molar-refractivity contribution in [2.45, 2.75) is 12.8 Å². The highest BCUT2D eigenvalue weighted by Gasteiger charge is 2.13. The first-order valence-corrected chi connectivity index (χ1v) is 7.72. The molecule has 7 nitrogen and oxygen atoms in total. The van der Waals surface area contributed by atoms with Gasteiger partial charge in [-0.2, -0.15) is 0 Å². The monoisotopic (exact) mass is 376 g/mol. The van der Waals surface area contributed by atoms with E-state index in [1.165, 1.54) is 12.1 Å². The van der Waals surface area contributed by atoms with Crippen molar-refractivity contribution in [1.82, 2.24) is 0 Å². The van der Waals surface area contributed by atoms with Gasteiger partial charge in [0.25, 0.3) is 5.12 Å². The Morgan fingerprint density at radius 1 is 0.769 bits per heavy atom. The number of carboxylic acid groups (broad SMARTS) is 1. The van der Waals surface area contributed by atoms with Gasteiger partial charge in [-0.15, -0.1) is 0 Å². The Morgan fingerprint density at radius 2 is 1.35 bits per heavy atom. The number of rotatable bonds is 6. The highest BCUT2D eigenvalue weighted by atomic mass is 32.1. The molecule has 8 heteroatoms. The molecule has 0 amide bonds. The van der Waals surface area contributed by atoms with Crippen molar-refractivity contribution >= 4 is 35.3 Å². The summed E-state index contributed by atoms with van der Waals surface area (Å²) in [4.78, 5) is 42.3. The van der Waals surface area contributed by atoms with Crippen molar-refractivity contribution in [3.05, 3.63) is 59.7 Å². The molecule has 0 heterocycles. The van der Waals surface area contributed by atoms with Gasteiger partial charge in [0, 0.05) is 12.8 Å². The number of phenols is 2. The Morgan fingerprint density at radius 3 is 1.85 bits per heavy atom. The zero-order valence-electron chi connectivity index (χ0n) is 13.5. The Labute approximate surface area is 154 Å². The van der Waals surface area contributed by atoms with E-state index in [1.807, 2.05) is 18.2 Å². The molecular formula is C18H16O7S. The van der Waals surface area contributed by atoms with Crippen LogP contribution in [0.25, 0.3) is 0 Å². The van der Waals surface area contributed by atoms with Crippen molar-refractivity contribution in [2.24, 2.45) is 0 Å². The molecule has 0 bridgehead atoms. The number of ketones is 2. The number of hydrogen-bond donors (Lipinski definition) is 4. The highest BCUT2D eigenvalue weighted by molar-refractivity contribution is 7.98. The summed E-state index contributed by atoms with van der Waals surface area (Å²) in [6.45, 7) is 0. The van der Waals surface area contributed by atoms with Crippen LogP contribution in [0.4, 0.5) is 0 Å². The average molecular weight is 376 g/mol. The normalized spacial score (nSPS) is 9.58. The summed E-state index contributed by atoms with van der Waals surface area (Å²) in [5.41, 5.74) is 1.18. The van der Waals surface area contributed by atoms with E-state index in [4.69, 9.17) is 15.3 Å². The van der Waals surface area contributed by atoms with Crippen molar-refractivity contribution in [2.75, 3.05) is 0 Å². The van der Waals surface area contributed by atoms with Gasteiger partial charge in [0.1, 0.15) is 0 Å². The van der Waals surface area contributed by atoms with Gasteiger partial charge in [0.05, 0.1) is 0 Å². The molecule has 2 rings (SSSR count). The van der Waals surface area contributed by atoms with E-state index < -0.39 is 22.7 Å². The van der Waals surface area contributed by atoms with Gasteiger partial charge in [0.2, 0.25) is 11.6 Å². The highest BCUT2D eigenvalue weighted by Crippen LogP contribution is 2.24. The van der Waals surface area contributed by atoms with E-state index in [1.54, 1.807) is 12.1 Å². The van der Waals surface area contributed by atoms with Crippen LogP contribution in [-0.4, -0.2) is 38.0 Å². The fraction of sp³-hybridized carbons (Fsp3) is 0.111. The molecule has 0 fully saturated rings. The maximum absolute atomic E-state index is 10.9. The number of carbonyl (C=O) groups excluding carboxylic acids is 3. The fourth-order valence-corrected chi connectivity index (χ4v) is 1.88. The fourth-order valence-electron chi connectivity index (χ4n) is 1.80. The number of carbonyl (C=O) groups is 4. The molecular weight excluding hydrogens is 360 g/mol. The zero-order chi connectivity index (χ0) is 19.7. The van der Waals surface area contributed by atoms with Crippen molar-refractivity contribution < 1.29 is 34.5 Å². The van der Waals surface area contributed by atoms with Crippen LogP contribution in [-0.2, 0) is 32.0 Å². The van der Waals surface area contributed by atoms with Crippen molar-refractivity contribution in [3.63, 3.8) is 0 Å². The van der Waals surface area contributed by atoms with Crippen molar-refractivity contribution in [1.29, 1.82) is 0 Å². The molecule has 0 aliphatic heterocycles. The van der Waals surface area contributed by atoms with Crippen LogP contribution in [0.15, 0.2) is 48.5 Å². The number of thiol groups is 1. The summed E-state index contributed by atoms with van der Waals surface area (Å²) in [5.74, 6) is -3.63. The molecule has 0 aromatic heterocycles. The maximum Gasteiger partial charge on any atom is 0.372 e. The van der Waals surface area contributed by atoms with Crippen LogP contribution in [0.3, 0.4) is 0 Å². The molecule has 0 saturated carbocycles. The van der Waals surface area contributed by atoms with Gasteiger partial charge >= 0.3 is 5.97 Å². The van der Waals surface area contributed by atoms with Gasteiger partial charge in [0.15, 0.2) is 11.5 Å². The Bertz CT molecular complexity index is 816. The van der Waals surface area contributed by atoms with Gasteiger partial charge in [-0.1, -0.05) is 49.0 Å². The van der Waals surface area contributed by atoms with Crippen molar-refractivity contribution in [3.8, 4) is 11.5 Å². The maximum atomic E-state index is 10.9. The number of Topliss-reactive ketones (excluding diaryl/α,β-unsaturated/α-hetero) is 2. The van der Waals surface area contributed by atoms with Gasteiger partial charge in [-0.25, -0.2) is 4.79 Å². The second-order valence-corrected chi connectivity index (χ2v) is 5.53. The standard InChI is InChI=1S/C9H8O5.C9H8O2S/c10-6-2-1-5(3-7(6)11)4-8(12)9(13)14;10-8(9(11)12)6-7-4-2-1-3-5-7/h1-3,10-11H,4H2,(H,13,14);1-5H,6H2,(H,11,12). The van der Waals surface area contributed by atoms with Crippen LogP contribution < -0.4 is 0 Å². The SMILES string of the molecule is O=C(O)C(=O)Cc1ccc(O)c(O)c1.O=C(S)C(=O)Cc1ccccc1. The molecule has 2 aromatic carbocycles. The zero-order valence-corrected chi connectivity index (χ0v) is 14.3. The molecule has 0 radical (unpaired) electrons. The Balaban J connectivity index is 0.000000263. The van der Waals surface area contributed by atoms with Crippen LogP contribution in [0.1, 0.15) is 11.1 Å². The molecule has 0 unspecified atom stereocenters. The van der Waals surface area contributed by atoms with Gasteiger partial charge < -0.3 is 15.3 Å². The lowest BCUT2D eigenvalue weighted by Gasteiger charge is -2.00. The minimum absolute atomic E-state index is 0.142. The lowest BCUT2D eigenvalue weighted by Crippen LogP contribution is -2.14. The predicted molar refractivity (Wildman–Crippen MR) is 95.3 cm³/mol. The lowest BCUT2D eigenvalue weighted by molar-refractivity contribution is -0.148. The summed E-state index contributed by atoms with van der Waals surface area (Å²) in [6, 6.07) is 12.8. The van der Waals surface area contributed by atoms with Crippen LogP contribution in [0.2, 0.25) is 0 Å². The molecule has 0 saturated heterocycles. The van der Waals surface area contributed by atoms with E-state index in [9.17, 15) is 19.2 Å². The van der Waals surface area contributed by atoms with Crippen LogP contribution in [0, 0.1) is 0 Å². The second-order valence-electron chi connectivity index (χ2n) is 5.12. The Hall–Kier alpha value is -3.13. The minimum Gasteiger partial charge on any atom is -0.504 e. The van der Waals surface area contributed by atoms with Gasteiger partial charge in [-0.3, -0.25) is 14.4 Å². The largest absolute Gasteiger partial charge is 0.504 e. The summed E-state index contributed by atoms with van der Waals surface area (Å²) in [5, 5.41) is 25.6. The number of aliphatic carboxylic acids is 1. The van der Waals surface area contributed by atoms with E-state index in [-0.39, 0.29) is 24.3 Å². The van der Waals surface area contributed by atoms with E-state index in [0.29, 0.717) is 5.56 Å². The van der Waals surface area contributed by atoms with E-state index in [0.717, 1.165) is 11.6 Å². The van der Waals surface area contributed by atoms with Crippen LogP contribution in [0.5, 0.6) is 11.5 Å². The molecule has 0 spiro atoms. The number of phenolic OH excluding ortho intramolecular Hbond substituents is 2. The lowest BCUT2D eigenvalue weighted by atomic mass is 10.1. The molecule has 2 aromatic rings. The van der Waals surface area contributed by atoms with Crippen LogP contribution >= 0.6 is 12.6 Å². The first kappa shape index (κ1) is 20.9. The van der Waals surface area contributed by atoms with E-state index in [2.05, 4.69) is 12.6 Å².